The quantitative estimate of drug-likeness (QED) is 0.150. The van der Waals surface area contributed by atoms with Gasteiger partial charge < -0.3 is 15.2 Å². The van der Waals surface area contributed by atoms with Crippen molar-refractivity contribution in [1.29, 1.82) is 0 Å². The molecule has 1 unspecified atom stereocenters. The molecule has 0 radical (unpaired) electrons. The van der Waals surface area contributed by atoms with Crippen LogP contribution in [0.2, 0.25) is 0 Å². The third-order valence-electron chi connectivity index (χ3n) is 10.4. The highest BCUT2D eigenvalue weighted by atomic mass is 32.2. The number of aryl methyl sites for hydroxylation is 3. The smallest absolute Gasteiger partial charge is 0.305 e. The fourth-order valence-electron chi connectivity index (χ4n) is 7.25. The number of carboxylic acids is 1. The van der Waals surface area contributed by atoms with E-state index in [-0.39, 0.29) is 36.4 Å². The standard InChI is InChI=1S/C40H46N6O6S/c1-7-30-24-45(53(50,51)35-12-10-9-11-34(35)52-30)23-29-21-28(14-13-25(29)3)37(31-15-16-33-38(26(31)4)43-44-46(33)8-2)40(5,6)39(49)42-32(22-36(47)48)27-17-19-41-20-18-27/h9-21,30,32,37H,7-8,22-24H2,1-6H3,(H,42,49)(H,47,48)/t30-,32?,37+/m1/s1. The van der Waals surface area contributed by atoms with Gasteiger partial charge in [-0.05, 0) is 90.9 Å². The molecule has 13 heteroatoms. The summed E-state index contributed by atoms with van der Waals surface area (Å²) in [7, 11) is -3.91. The van der Waals surface area contributed by atoms with Crippen LogP contribution in [0.3, 0.4) is 0 Å². The van der Waals surface area contributed by atoms with Gasteiger partial charge in [-0.1, -0.05) is 62.4 Å². The van der Waals surface area contributed by atoms with Gasteiger partial charge in [-0.15, -0.1) is 5.10 Å². The van der Waals surface area contributed by atoms with Gasteiger partial charge in [0.1, 0.15) is 22.3 Å². The summed E-state index contributed by atoms with van der Waals surface area (Å²) < 4.78 is 37.7. The van der Waals surface area contributed by atoms with E-state index >= 15 is 0 Å². The fourth-order valence-corrected chi connectivity index (χ4v) is 8.82. The van der Waals surface area contributed by atoms with Gasteiger partial charge in [0.25, 0.3) is 0 Å². The summed E-state index contributed by atoms with van der Waals surface area (Å²) in [6.45, 7) is 12.5. The van der Waals surface area contributed by atoms with Crippen molar-refractivity contribution >= 4 is 32.9 Å². The predicted molar refractivity (Wildman–Crippen MR) is 201 cm³/mol. The Morgan fingerprint density at radius 1 is 1.02 bits per heavy atom. The van der Waals surface area contributed by atoms with E-state index in [2.05, 4.69) is 20.6 Å². The van der Waals surface area contributed by atoms with Crippen LogP contribution in [0, 0.1) is 19.3 Å². The zero-order chi connectivity index (χ0) is 38.1. The molecular weight excluding hydrogens is 693 g/mol. The highest BCUT2D eigenvalue weighted by molar-refractivity contribution is 7.89. The Labute approximate surface area is 310 Å². The lowest BCUT2D eigenvalue weighted by Crippen LogP contribution is -2.43. The maximum atomic E-state index is 14.6. The number of fused-ring (bicyclic) bond motifs is 2. The molecule has 1 aliphatic rings. The van der Waals surface area contributed by atoms with Gasteiger partial charge >= 0.3 is 5.97 Å². The highest BCUT2D eigenvalue weighted by Gasteiger charge is 2.42. The molecule has 0 aliphatic carbocycles. The van der Waals surface area contributed by atoms with Crippen molar-refractivity contribution < 1.29 is 27.9 Å². The van der Waals surface area contributed by atoms with Gasteiger partial charge in [-0.3, -0.25) is 14.6 Å². The van der Waals surface area contributed by atoms with E-state index in [1.54, 1.807) is 48.8 Å². The highest BCUT2D eigenvalue weighted by Crippen LogP contribution is 2.45. The number of carbonyl (C=O) groups is 2. The minimum absolute atomic E-state index is 0.0983. The molecule has 3 heterocycles. The van der Waals surface area contributed by atoms with E-state index in [0.717, 1.165) is 38.9 Å². The lowest BCUT2D eigenvalue weighted by molar-refractivity contribution is -0.138. The molecule has 6 rings (SSSR count). The Hall–Kier alpha value is -5.14. The van der Waals surface area contributed by atoms with Crippen molar-refractivity contribution in [2.45, 2.75) is 90.4 Å². The van der Waals surface area contributed by atoms with Crippen LogP contribution >= 0.6 is 0 Å². The van der Waals surface area contributed by atoms with Crippen molar-refractivity contribution in [2.75, 3.05) is 6.54 Å². The van der Waals surface area contributed by atoms with Crippen molar-refractivity contribution in [3.05, 3.63) is 113 Å². The summed E-state index contributed by atoms with van der Waals surface area (Å²) in [5, 5.41) is 21.7. The number of aliphatic carboxylic acids is 1. The predicted octanol–water partition coefficient (Wildman–Crippen LogP) is 6.32. The van der Waals surface area contributed by atoms with E-state index in [0.29, 0.717) is 24.3 Å². The second kappa shape index (κ2) is 15.1. The molecule has 0 saturated carbocycles. The molecule has 0 spiro atoms. The summed E-state index contributed by atoms with van der Waals surface area (Å²) in [6, 6.07) is 19.2. The van der Waals surface area contributed by atoms with Crippen LogP contribution in [0.5, 0.6) is 5.75 Å². The first kappa shape index (κ1) is 37.6. The average Bonchev–Trinajstić information content (AvgIpc) is 3.53. The molecule has 0 bridgehead atoms. The number of hydrogen-bond donors (Lipinski definition) is 2. The lowest BCUT2D eigenvalue weighted by Gasteiger charge is -2.36. The number of carbonyl (C=O) groups excluding carboxylic acids is 1. The fraction of sp³-hybridized carbons (Fsp3) is 0.375. The molecule has 1 amide bonds. The molecule has 3 aromatic carbocycles. The normalized spacial score (nSPS) is 17.0. The van der Waals surface area contributed by atoms with Crippen LogP contribution in [-0.4, -0.2) is 62.3 Å². The molecule has 0 fully saturated rings. The van der Waals surface area contributed by atoms with Crippen molar-refractivity contribution in [1.82, 2.24) is 29.6 Å². The van der Waals surface area contributed by atoms with Gasteiger partial charge in [-0.2, -0.15) is 4.31 Å². The zero-order valence-electron chi connectivity index (χ0n) is 30.9. The SMILES string of the molecule is CC[C@@H]1CN(Cc2cc([C@@H](c3ccc4c(nnn4CC)c3C)C(C)(C)C(=O)NC(CC(=O)O)c3ccncc3)ccc2C)S(=O)(=O)c2ccccc2O1. The molecule has 53 heavy (non-hydrogen) atoms. The first-order chi connectivity index (χ1) is 25.3. The van der Waals surface area contributed by atoms with Gasteiger partial charge in [0.15, 0.2) is 0 Å². The molecule has 12 nitrogen and oxygen atoms in total. The first-order valence-corrected chi connectivity index (χ1v) is 19.3. The maximum Gasteiger partial charge on any atom is 0.305 e. The average molecular weight is 739 g/mol. The largest absolute Gasteiger partial charge is 0.488 e. The van der Waals surface area contributed by atoms with Gasteiger partial charge in [0, 0.05) is 31.4 Å². The Morgan fingerprint density at radius 3 is 2.45 bits per heavy atom. The van der Waals surface area contributed by atoms with Gasteiger partial charge in [-0.25, -0.2) is 13.1 Å². The van der Waals surface area contributed by atoms with Crippen LogP contribution in [0.1, 0.15) is 85.9 Å². The third kappa shape index (κ3) is 7.40. The van der Waals surface area contributed by atoms with E-state index in [1.165, 1.54) is 4.31 Å². The van der Waals surface area contributed by atoms with Crippen LogP contribution in [0.25, 0.3) is 11.0 Å². The number of ether oxygens (including phenoxy) is 1. The number of benzene rings is 3. The number of pyridine rings is 1. The molecule has 278 valence electrons. The van der Waals surface area contributed by atoms with E-state index in [1.807, 2.05) is 76.6 Å². The maximum absolute atomic E-state index is 14.6. The minimum Gasteiger partial charge on any atom is -0.488 e. The minimum atomic E-state index is -3.91. The summed E-state index contributed by atoms with van der Waals surface area (Å²) >= 11 is 0. The van der Waals surface area contributed by atoms with Crippen LogP contribution < -0.4 is 10.1 Å². The van der Waals surface area contributed by atoms with Crippen LogP contribution in [0.15, 0.2) is 84.0 Å². The Bertz CT molecular complexity index is 2250. The Balaban J connectivity index is 1.46. The third-order valence-corrected chi connectivity index (χ3v) is 12.2. The summed E-state index contributed by atoms with van der Waals surface area (Å²) in [5.41, 5.74) is 5.27. The molecule has 3 atom stereocenters. The molecule has 1 aliphatic heterocycles. The number of amides is 1. The number of hydrogen-bond acceptors (Lipinski definition) is 8. The second-order valence-electron chi connectivity index (χ2n) is 14.2. The molecular formula is C40H46N6O6S. The lowest BCUT2D eigenvalue weighted by atomic mass is 9.69. The summed E-state index contributed by atoms with van der Waals surface area (Å²) in [5.74, 6) is -1.61. The molecule has 2 N–H and O–H groups in total. The van der Waals surface area contributed by atoms with E-state index in [4.69, 9.17) is 4.74 Å². The summed E-state index contributed by atoms with van der Waals surface area (Å²) in [4.78, 5) is 30.7. The van der Waals surface area contributed by atoms with Crippen molar-refractivity contribution in [2.24, 2.45) is 5.41 Å². The zero-order valence-corrected chi connectivity index (χ0v) is 31.7. The Kier molecular flexibility index (Phi) is 10.7. The van der Waals surface area contributed by atoms with Crippen LogP contribution in [0.4, 0.5) is 0 Å². The van der Waals surface area contributed by atoms with Gasteiger partial charge in [0.05, 0.1) is 29.9 Å². The molecule has 0 saturated heterocycles. The van der Waals surface area contributed by atoms with Crippen molar-refractivity contribution in [3.8, 4) is 5.75 Å². The number of nitrogens with zero attached hydrogens (tertiary/aromatic N) is 5. The number of sulfonamides is 1. The summed E-state index contributed by atoms with van der Waals surface area (Å²) in [6.07, 6.45) is 3.11. The monoisotopic (exact) mass is 738 g/mol. The first-order valence-electron chi connectivity index (χ1n) is 17.9. The Morgan fingerprint density at radius 2 is 1.75 bits per heavy atom. The van der Waals surface area contributed by atoms with E-state index < -0.39 is 33.4 Å². The van der Waals surface area contributed by atoms with E-state index in [9.17, 15) is 23.1 Å². The number of para-hydroxylation sites is 1. The number of carboxylic acid groups (broad SMARTS) is 1. The number of aromatic nitrogens is 4. The topological polar surface area (TPSA) is 157 Å². The number of rotatable bonds is 12. The molecule has 2 aromatic heterocycles. The van der Waals surface area contributed by atoms with Crippen molar-refractivity contribution in [3.63, 3.8) is 0 Å². The number of nitrogens with one attached hydrogen (secondary N) is 1. The molecule has 5 aromatic rings. The van der Waals surface area contributed by atoms with Crippen LogP contribution in [-0.2, 0) is 32.7 Å². The van der Waals surface area contributed by atoms with Gasteiger partial charge in [0.2, 0.25) is 15.9 Å². The second-order valence-corrected chi connectivity index (χ2v) is 16.1.